The highest BCUT2D eigenvalue weighted by atomic mass is 19.1. The maximum absolute atomic E-state index is 14.3. The number of fused-ring (bicyclic) bond motifs is 2. The summed E-state index contributed by atoms with van der Waals surface area (Å²) in [4.78, 5) is 17.3. The predicted octanol–water partition coefficient (Wildman–Crippen LogP) is 3.85. The Labute approximate surface area is 154 Å². The minimum atomic E-state index is -0.411. The smallest absolute Gasteiger partial charge is 0.322 e. The van der Waals surface area contributed by atoms with Gasteiger partial charge in [0.05, 0.1) is 6.10 Å². The summed E-state index contributed by atoms with van der Waals surface area (Å²) >= 11 is 0. The van der Waals surface area contributed by atoms with Crippen molar-refractivity contribution in [2.75, 3.05) is 25.0 Å². The second kappa shape index (κ2) is 7.43. The van der Waals surface area contributed by atoms with E-state index < -0.39 is 5.82 Å². The molecule has 1 aromatic carbocycles. The van der Waals surface area contributed by atoms with E-state index in [2.05, 4.69) is 17.1 Å². The number of rotatable bonds is 4. The van der Waals surface area contributed by atoms with E-state index in [0.717, 1.165) is 58.2 Å². The van der Waals surface area contributed by atoms with Gasteiger partial charge in [0.1, 0.15) is 0 Å². The molecule has 2 bridgehead atoms. The molecule has 26 heavy (non-hydrogen) atoms. The SMILES string of the molecule is CCN1CCC2CCC(C1)N2C(=O)Nc1ccc(OC2CCC2)c(F)c1. The van der Waals surface area contributed by atoms with Crippen LogP contribution in [-0.4, -0.2) is 53.7 Å². The van der Waals surface area contributed by atoms with Gasteiger partial charge in [-0.25, -0.2) is 9.18 Å². The van der Waals surface area contributed by atoms with Crippen molar-refractivity contribution in [2.45, 2.75) is 63.6 Å². The van der Waals surface area contributed by atoms with Crippen LogP contribution in [-0.2, 0) is 0 Å². The molecule has 2 amide bonds. The minimum absolute atomic E-state index is 0.109. The van der Waals surface area contributed by atoms with Gasteiger partial charge in [-0.05, 0) is 57.2 Å². The zero-order valence-corrected chi connectivity index (χ0v) is 15.4. The molecule has 4 rings (SSSR count). The Morgan fingerprint density at radius 1 is 1.23 bits per heavy atom. The minimum Gasteiger partial charge on any atom is -0.487 e. The van der Waals surface area contributed by atoms with Gasteiger partial charge < -0.3 is 19.9 Å². The second-order valence-electron chi connectivity index (χ2n) is 7.72. The van der Waals surface area contributed by atoms with Gasteiger partial charge in [0.2, 0.25) is 0 Å². The van der Waals surface area contributed by atoms with Crippen LogP contribution in [0.2, 0.25) is 0 Å². The van der Waals surface area contributed by atoms with Crippen molar-refractivity contribution >= 4 is 11.7 Å². The number of nitrogens with one attached hydrogen (secondary N) is 1. The van der Waals surface area contributed by atoms with Crippen LogP contribution in [0.15, 0.2) is 18.2 Å². The summed E-state index contributed by atoms with van der Waals surface area (Å²) in [6, 6.07) is 5.16. The molecule has 0 aromatic heterocycles. The number of nitrogens with zero attached hydrogens (tertiary/aromatic N) is 2. The van der Waals surface area contributed by atoms with Gasteiger partial charge in [-0.15, -0.1) is 0 Å². The van der Waals surface area contributed by atoms with Crippen molar-refractivity contribution < 1.29 is 13.9 Å². The quantitative estimate of drug-likeness (QED) is 0.886. The number of urea groups is 1. The molecule has 1 aromatic rings. The Morgan fingerprint density at radius 3 is 2.73 bits per heavy atom. The van der Waals surface area contributed by atoms with E-state index >= 15 is 0 Å². The Hall–Kier alpha value is -1.82. The summed E-state index contributed by atoms with van der Waals surface area (Å²) < 4.78 is 19.9. The van der Waals surface area contributed by atoms with Crippen molar-refractivity contribution in [3.8, 4) is 5.75 Å². The van der Waals surface area contributed by atoms with E-state index in [1.54, 1.807) is 12.1 Å². The van der Waals surface area contributed by atoms with E-state index in [9.17, 15) is 9.18 Å². The van der Waals surface area contributed by atoms with Gasteiger partial charge in [0.15, 0.2) is 11.6 Å². The van der Waals surface area contributed by atoms with Crippen LogP contribution in [0.3, 0.4) is 0 Å². The average molecular weight is 361 g/mol. The number of carbonyl (C=O) groups is 1. The molecule has 2 atom stereocenters. The van der Waals surface area contributed by atoms with Crippen molar-refractivity contribution in [3.05, 3.63) is 24.0 Å². The first-order chi connectivity index (χ1) is 12.6. The number of anilines is 1. The summed E-state index contributed by atoms with van der Waals surface area (Å²) in [5.74, 6) is -0.133. The van der Waals surface area contributed by atoms with Crippen LogP contribution >= 0.6 is 0 Å². The normalized spacial score (nSPS) is 26.3. The maximum Gasteiger partial charge on any atom is 0.322 e. The van der Waals surface area contributed by atoms with E-state index in [1.165, 1.54) is 6.07 Å². The van der Waals surface area contributed by atoms with Crippen molar-refractivity contribution in [2.24, 2.45) is 0 Å². The van der Waals surface area contributed by atoms with Gasteiger partial charge in [-0.1, -0.05) is 6.92 Å². The Morgan fingerprint density at radius 2 is 2.04 bits per heavy atom. The van der Waals surface area contributed by atoms with E-state index in [0.29, 0.717) is 11.7 Å². The molecule has 6 heteroatoms. The first-order valence-electron chi connectivity index (χ1n) is 9.92. The summed E-state index contributed by atoms with van der Waals surface area (Å²) in [6.45, 7) is 5.16. The van der Waals surface area contributed by atoms with Crippen molar-refractivity contribution in [3.63, 3.8) is 0 Å². The molecule has 2 aliphatic heterocycles. The standard InChI is InChI=1S/C20H28FN3O2/c1-2-23-11-10-15-7-8-16(13-23)24(15)20(25)22-14-6-9-19(18(21)12-14)26-17-4-3-5-17/h6,9,12,15-17H,2-5,7-8,10-11,13H2,1H3,(H,22,25). The second-order valence-corrected chi connectivity index (χ2v) is 7.72. The van der Waals surface area contributed by atoms with Crippen LogP contribution in [0, 0.1) is 5.82 Å². The molecule has 2 unspecified atom stereocenters. The summed E-state index contributed by atoms with van der Waals surface area (Å²) in [5, 5.41) is 2.90. The van der Waals surface area contributed by atoms with E-state index in [4.69, 9.17) is 4.74 Å². The molecule has 0 spiro atoms. The van der Waals surface area contributed by atoms with Crippen LogP contribution in [0.25, 0.3) is 0 Å². The molecule has 1 N–H and O–H groups in total. The molecule has 3 aliphatic rings. The Balaban J connectivity index is 1.42. The molecule has 1 aliphatic carbocycles. The predicted molar refractivity (Wildman–Crippen MR) is 99.1 cm³/mol. The molecule has 2 saturated heterocycles. The summed E-state index contributed by atoms with van der Waals surface area (Å²) in [5.41, 5.74) is 0.490. The number of benzene rings is 1. The molecule has 142 valence electrons. The number of likely N-dealkylation sites (tertiary alicyclic amines) is 1. The van der Waals surface area contributed by atoms with Crippen LogP contribution in [0.1, 0.15) is 45.4 Å². The zero-order valence-electron chi connectivity index (χ0n) is 15.4. The number of hydrogen-bond acceptors (Lipinski definition) is 3. The third kappa shape index (κ3) is 3.52. The molecular formula is C20H28FN3O2. The average Bonchev–Trinajstić information content (AvgIpc) is 2.87. The lowest BCUT2D eigenvalue weighted by atomic mass is 9.96. The van der Waals surface area contributed by atoms with Crippen LogP contribution in [0.4, 0.5) is 14.9 Å². The lowest BCUT2D eigenvalue weighted by molar-refractivity contribution is 0.115. The highest BCUT2D eigenvalue weighted by Gasteiger charge is 2.39. The highest BCUT2D eigenvalue weighted by molar-refractivity contribution is 5.90. The number of halogens is 1. The van der Waals surface area contributed by atoms with Gasteiger partial charge in [-0.3, -0.25) is 0 Å². The number of likely N-dealkylation sites (N-methyl/N-ethyl adjacent to an activating group) is 1. The molecule has 2 heterocycles. The fourth-order valence-electron chi connectivity index (χ4n) is 4.29. The zero-order chi connectivity index (χ0) is 18.1. The summed E-state index contributed by atoms with van der Waals surface area (Å²) in [7, 11) is 0. The molecule has 0 radical (unpaired) electrons. The van der Waals surface area contributed by atoms with Gasteiger partial charge in [0, 0.05) is 36.9 Å². The monoisotopic (exact) mass is 361 g/mol. The number of amides is 2. The third-order valence-corrected chi connectivity index (χ3v) is 6.08. The third-order valence-electron chi connectivity index (χ3n) is 6.08. The first-order valence-corrected chi connectivity index (χ1v) is 9.92. The maximum atomic E-state index is 14.3. The number of carbonyl (C=O) groups excluding carboxylic acids is 1. The van der Waals surface area contributed by atoms with E-state index in [-0.39, 0.29) is 23.9 Å². The van der Waals surface area contributed by atoms with Crippen molar-refractivity contribution in [1.82, 2.24) is 9.80 Å². The molecule has 3 fully saturated rings. The van der Waals surface area contributed by atoms with Crippen LogP contribution in [0.5, 0.6) is 5.75 Å². The fourth-order valence-corrected chi connectivity index (χ4v) is 4.29. The van der Waals surface area contributed by atoms with E-state index in [1.807, 2.05) is 4.90 Å². The summed E-state index contributed by atoms with van der Waals surface area (Å²) in [6.07, 6.45) is 6.40. The molecule has 5 nitrogen and oxygen atoms in total. The van der Waals surface area contributed by atoms with Gasteiger partial charge in [-0.2, -0.15) is 0 Å². The Bertz CT molecular complexity index is 664. The lowest BCUT2D eigenvalue weighted by Crippen LogP contribution is -2.45. The fraction of sp³-hybridized carbons (Fsp3) is 0.650. The van der Waals surface area contributed by atoms with Crippen molar-refractivity contribution in [1.29, 1.82) is 0 Å². The molecular weight excluding hydrogens is 333 g/mol. The van der Waals surface area contributed by atoms with Gasteiger partial charge >= 0.3 is 6.03 Å². The first kappa shape index (κ1) is 17.6. The largest absolute Gasteiger partial charge is 0.487 e. The highest BCUT2D eigenvalue weighted by Crippen LogP contribution is 2.32. The number of ether oxygens (including phenoxy) is 1. The lowest BCUT2D eigenvalue weighted by Gasteiger charge is -2.29. The van der Waals surface area contributed by atoms with Gasteiger partial charge in [0.25, 0.3) is 0 Å². The number of hydrogen-bond donors (Lipinski definition) is 1. The molecule has 1 saturated carbocycles. The Kier molecular flexibility index (Phi) is 5.02. The topological polar surface area (TPSA) is 44.8 Å². The van der Waals surface area contributed by atoms with Crippen LogP contribution < -0.4 is 10.1 Å².